The molecular weight excluding hydrogens is 135 g/mol. The van der Waals surface area contributed by atoms with Crippen molar-refractivity contribution in [1.82, 2.24) is 0 Å². The molecule has 1 atom stereocenters. The maximum absolute atomic E-state index is 9.01. The third kappa shape index (κ3) is 27.4. The van der Waals surface area contributed by atoms with Gasteiger partial charge < -0.3 is 0 Å². The maximum atomic E-state index is 9.01. The van der Waals surface area contributed by atoms with Gasteiger partial charge in [0.2, 0.25) is 0 Å². The standard InChI is InChI=1S/Ca.HO2PS/c;1-3(2)4/h;(H-,1,2,4)/p+1. The first kappa shape index (κ1) is 9.83. The summed E-state index contributed by atoms with van der Waals surface area (Å²) in [6, 6.07) is 0. The number of rotatable bonds is 0. The number of hydrogen-bond acceptors (Lipinski definition) is 1. The second-order valence-corrected chi connectivity index (χ2v) is 1.78. The van der Waals surface area contributed by atoms with E-state index < -0.39 is 7.23 Å². The van der Waals surface area contributed by atoms with E-state index in [1.165, 1.54) is 0 Å². The second kappa shape index (κ2) is 5.67. The Labute approximate surface area is 66.0 Å². The molecule has 0 aliphatic rings. The molecule has 0 aliphatic heterocycles. The predicted molar refractivity (Wildman–Crippen MR) is 24.6 cm³/mol. The van der Waals surface area contributed by atoms with Crippen LogP contribution in [0.2, 0.25) is 0 Å². The van der Waals surface area contributed by atoms with Crippen LogP contribution in [0.25, 0.3) is 0 Å². The number of thiol groups is 1. The molecule has 2 radical (unpaired) electrons. The van der Waals surface area contributed by atoms with Crippen LogP contribution >= 0.6 is 19.5 Å². The monoisotopic (exact) mass is 137 g/mol. The summed E-state index contributed by atoms with van der Waals surface area (Å²) in [5.74, 6) is 0. The molecule has 2 nitrogen and oxygen atoms in total. The third-order valence-corrected chi connectivity index (χ3v) is 0. The van der Waals surface area contributed by atoms with Gasteiger partial charge in [-0.2, -0.15) is 4.89 Å². The summed E-state index contributed by atoms with van der Waals surface area (Å²) in [4.78, 5) is 7.43. The summed E-state index contributed by atoms with van der Waals surface area (Å²) >= 11 is 3.03. The van der Waals surface area contributed by atoms with Crippen molar-refractivity contribution < 1.29 is 9.46 Å². The Morgan fingerprint density at radius 2 is 1.80 bits per heavy atom. The van der Waals surface area contributed by atoms with E-state index in [4.69, 9.17) is 9.46 Å². The molecule has 0 heterocycles. The van der Waals surface area contributed by atoms with Crippen molar-refractivity contribution in [2.24, 2.45) is 0 Å². The van der Waals surface area contributed by atoms with Gasteiger partial charge in [0.1, 0.15) is 12.2 Å². The first-order chi connectivity index (χ1) is 1.73. The zero-order valence-electron chi connectivity index (χ0n) is 2.46. The van der Waals surface area contributed by atoms with E-state index in [1.807, 2.05) is 0 Å². The van der Waals surface area contributed by atoms with E-state index in [-0.39, 0.29) is 37.7 Å². The van der Waals surface area contributed by atoms with Gasteiger partial charge in [0.25, 0.3) is 0 Å². The Balaban J connectivity index is 0. The zero-order valence-corrected chi connectivity index (χ0v) is 6.45. The smallest absolute Gasteiger partial charge is 0.151 e. The molecule has 0 amide bonds. The van der Waals surface area contributed by atoms with E-state index in [0.29, 0.717) is 0 Å². The minimum atomic E-state index is -2.18. The van der Waals surface area contributed by atoms with Crippen molar-refractivity contribution in [3.8, 4) is 0 Å². The molecule has 0 aliphatic carbocycles. The average Bonchev–Trinajstić information content (AvgIpc) is 0.811. The summed E-state index contributed by atoms with van der Waals surface area (Å²) in [7, 11) is -2.18. The quantitative estimate of drug-likeness (QED) is 0.284. The fourth-order valence-corrected chi connectivity index (χ4v) is 0. The summed E-state index contributed by atoms with van der Waals surface area (Å²) < 4.78 is 9.01. The second-order valence-electron chi connectivity index (χ2n) is 0.253. The van der Waals surface area contributed by atoms with E-state index in [9.17, 15) is 0 Å². The topological polar surface area (TPSA) is 37.3 Å². The van der Waals surface area contributed by atoms with Crippen LogP contribution in [-0.4, -0.2) is 42.6 Å². The number of hydrogen-bond donors (Lipinski definition) is 2. The molecule has 0 fully saturated rings. The molecule has 0 saturated heterocycles. The van der Waals surface area contributed by atoms with Gasteiger partial charge in [-0.1, -0.05) is 0 Å². The maximum Gasteiger partial charge on any atom is 0.579 e. The van der Waals surface area contributed by atoms with E-state index in [0.717, 1.165) is 0 Å². The molecule has 0 aromatic heterocycles. The molecular formula is H2CaO2PS+. The van der Waals surface area contributed by atoms with Crippen molar-refractivity contribution in [3.05, 3.63) is 0 Å². The first-order valence-electron chi connectivity index (χ1n) is 0.583. The van der Waals surface area contributed by atoms with E-state index >= 15 is 0 Å². The fourth-order valence-electron chi connectivity index (χ4n) is 0. The molecule has 0 saturated carbocycles. The van der Waals surface area contributed by atoms with Crippen molar-refractivity contribution in [1.29, 1.82) is 0 Å². The van der Waals surface area contributed by atoms with Crippen LogP contribution in [0.3, 0.4) is 0 Å². The Hall–Kier alpha value is 1.67. The van der Waals surface area contributed by atoms with Gasteiger partial charge in [0.05, 0.1) is 0 Å². The molecule has 0 spiro atoms. The van der Waals surface area contributed by atoms with Crippen LogP contribution in [0.5, 0.6) is 0 Å². The van der Waals surface area contributed by atoms with Crippen molar-refractivity contribution in [3.63, 3.8) is 0 Å². The largest absolute Gasteiger partial charge is 0.579 e. The van der Waals surface area contributed by atoms with Gasteiger partial charge in [-0.3, -0.25) is 0 Å². The Morgan fingerprint density at radius 1 is 1.80 bits per heavy atom. The summed E-state index contributed by atoms with van der Waals surface area (Å²) in [6.45, 7) is 0. The van der Waals surface area contributed by atoms with Gasteiger partial charge >= 0.3 is 7.23 Å². The molecule has 0 bridgehead atoms. The van der Waals surface area contributed by atoms with Gasteiger partial charge in [-0.05, 0) is 4.57 Å². The molecule has 5 heavy (non-hydrogen) atoms. The summed E-state index contributed by atoms with van der Waals surface area (Å²) in [6.07, 6.45) is 0. The Bertz CT molecular complexity index is 32.6. The van der Waals surface area contributed by atoms with Gasteiger partial charge in [-0.25, -0.2) is 0 Å². The Kier molecular flexibility index (Phi) is 11.1. The van der Waals surface area contributed by atoms with Crippen molar-refractivity contribution in [2.45, 2.75) is 0 Å². The zero-order chi connectivity index (χ0) is 3.58. The van der Waals surface area contributed by atoms with Crippen LogP contribution in [0.15, 0.2) is 0 Å². The van der Waals surface area contributed by atoms with E-state index in [1.54, 1.807) is 0 Å². The van der Waals surface area contributed by atoms with E-state index in [2.05, 4.69) is 12.2 Å². The van der Waals surface area contributed by atoms with Crippen LogP contribution in [-0.2, 0) is 4.57 Å². The van der Waals surface area contributed by atoms with Crippen molar-refractivity contribution >= 4 is 57.2 Å². The Morgan fingerprint density at radius 3 is 1.80 bits per heavy atom. The molecule has 0 rings (SSSR count). The molecule has 5 heteroatoms. The summed E-state index contributed by atoms with van der Waals surface area (Å²) in [5, 5.41) is 0. The van der Waals surface area contributed by atoms with Gasteiger partial charge in [0, 0.05) is 37.7 Å². The minimum absolute atomic E-state index is 0. The average molecular weight is 137 g/mol. The van der Waals surface area contributed by atoms with Gasteiger partial charge in [-0.15, -0.1) is 0 Å². The minimum Gasteiger partial charge on any atom is -0.151 e. The molecule has 1 N–H and O–H groups in total. The molecule has 0 aromatic carbocycles. The SMILES string of the molecule is O=[P+](O)S.[Ca]. The normalized spacial score (nSPS) is 8.80. The third-order valence-electron chi connectivity index (χ3n) is 0. The summed E-state index contributed by atoms with van der Waals surface area (Å²) in [5.41, 5.74) is 0. The van der Waals surface area contributed by atoms with Gasteiger partial charge in [0.15, 0.2) is 0 Å². The van der Waals surface area contributed by atoms with Crippen LogP contribution in [0.4, 0.5) is 0 Å². The molecule has 1 unspecified atom stereocenters. The van der Waals surface area contributed by atoms with Crippen LogP contribution in [0, 0.1) is 0 Å². The molecule has 26 valence electrons. The fraction of sp³-hybridized carbons (Fsp3) is 0. The first-order valence-corrected chi connectivity index (χ1v) is 2.95. The van der Waals surface area contributed by atoms with Crippen LogP contribution in [0.1, 0.15) is 0 Å². The van der Waals surface area contributed by atoms with Crippen molar-refractivity contribution in [2.75, 3.05) is 0 Å². The predicted octanol–water partition coefficient (Wildman–Crippen LogP) is 0.185. The molecule has 0 aromatic rings. The van der Waals surface area contributed by atoms with Crippen LogP contribution < -0.4 is 0 Å².